The van der Waals surface area contributed by atoms with Crippen LogP contribution in [0.4, 0.5) is 18.0 Å². The van der Waals surface area contributed by atoms with E-state index in [0.29, 0.717) is 48.4 Å². The largest absolute Gasteiger partial charge is 0.494 e. The Hall–Kier alpha value is -2.21. The lowest BCUT2D eigenvalue weighted by Crippen LogP contribution is -2.53. The van der Waals surface area contributed by atoms with E-state index >= 15 is 0 Å². The molecule has 0 aromatic heterocycles. The van der Waals surface area contributed by atoms with Gasteiger partial charge >= 0.3 is 12.2 Å². The van der Waals surface area contributed by atoms with E-state index in [1.54, 1.807) is 21.9 Å². The molecule has 0 radical (unpaired) electrons. The minimum atomic E-state index is -4.41. The van der Waals surface area contributed by atoms with Gasteiger partial charge in [0.1, 0.15) is 5.75 Å². The zero-order valence-electron chi connectivity index (χ0n) is 20.6. The van der Waals surface area contributed by atoms with E-state index in [4.69, 9.17) is 27.9 Å². The van der Waals surface area contributed by atoms with Crippen molar-refractivity contribution in [2.24, 2.45) is 5.92 Å². The Labute approximate surface area is 230 Å². The number of halogens is 5. The lowest BCUT2D eigenvalue weighted by atomic mass is 9.87. The minimum Gasteiger partial charge on any atom is -0.494 e. The maximum Gasteiger partial charge on any atom is 0.416 e. The highest BCUT2D eigenvalue weighted by molar-refractivity contribution is 7.88. The van der Waals surface area contributed by atoms with E-state index in [9.17, 15) is 26.4 Å². The first-order chi connectivity index (χ1) is 17.8. The van der Waals surface area contributed by atoms with E-state index in [0.717, 1.165) is 24.0 Å². The van der Waals surface area contributed by atoms with E-state index in [1.807, 2.05) is 6.07 Å². The number of benzene rings is 2. The summed E-state index contributed by atoms with van der Waals surface area (Å²) >= 11 is 12.4. The molecule has 4 rings (SSSR count). The quantitative estimate of drug-likeness (QED) is 0.462. The molecule has 0 saturated carbocycles. The lowest BCUT2D eigenvalue weighted by Gasteiger charge is -2.35. The number of carbonyl (C=O) groups excluding carboxylic acids is 1. The van der Waals surface area contributed by atoms with Crippen LogP contribution in [0.2, 0.25) is 10.0 Å². The third-order valence-corrected chi connectivity index (χ3v) is 9.04. The SMILES string of the molecule is CS(=O)(=O)N1CCN(C(=O)N2CC(CCOc3ccc(C(F)(F)F)cc3)C(c3ccc(Cl)c(Cl)c3)C2)CC1. The van der Waals surface area contributed by atoms with Crippen molar-refractivity contribution in [3.63, 3.8) is 0 Å². The predicted molar refractivity (Wildman–Crippen MR) is 139 cm³/mol. The highest BCUT2D eigenvalue weighted by Crippen LogP contribution is 2.38. The molecule has 2 atom stereocenters. The fraction of sp³-hybridized carbons (Fsp3) is 0.480. The summed E-state index contributed by atoms with van der Waals surface area (Å²) < 4.78 is 69.2. The van der Waals surface area contributed by atoms with Gasteiger partial charge in [0.25, 0.3) is 0 Å². The number of urea groups is 1. The van der Waals surface area contributed by atoms with Crippen molar-refractivity contribution in [3.8, 4) is 5.75 Å². The summed E-state index contributed by atoms with van der Waals surface area (Å²) in [6.07, 6.45) is -2.70. The van der Waals surface area contributed by atoms with E-state index < -0.39 is 21.8 Å². The number of ether oxygens (including phenoxy) is 1. The van der Waals surface area contributed by atoms with Crippen molar-refractivity contribution in [1.82, 2.24) is 14.1 Å². The monoisotopic (exact) mass is 593 g/mol. The Morgan fingerprint density at radius 3 is 2.21 bits per heavy atom. The topological polar surface area (TPSA) is 70.2 Å². The number of rotatable bonds is 6. The zero-order chi connectivity index (χ0) is 27.7. The van der Waals surface area contributed by atoms with Crippen LogP contribution in [0.25, 0.3) is 0 Å². The number of likely N-dealkylation sites (tertiary alicyclic amines) is 1. The standard InChI is InChI=1S/C25H28Cl2F3N3O4S/c1-38(35,36)33-11-9-31(10-12-33)24(34)32-15-18(21(16-32)17-2-7-22(26)23(27)14-17)8-13-37-20-5-3-19(4-6-20)25(28,29)30/h2-7,14,18,21H,8-13,15-16H2,1H3. The normalized spacial score (nSPS) is 21.1. The molecule has 2 aliphatic heterocycles. The second-order valence-corrected chi connectivity index (χ2v) is 12.3. The Morgan fingerprint density at radius 1 is 0.974 bits per heavy atom. The molecule has 2 unspecified atom stereocenters. The van der Waals surface area contributed by atoms with Crippen molar-refractivity contribution >= 4 is 39.3 Å². The van der Waals surface area contributed by atoms with Crippen LogP contribution < -0.4 is 4.74 Å². The zero-order valence-corrected chi connectivity index (χ0v) is 23.0. The van der Waals surface area contributed by atoms with Gasteiger partial charge in [0.05, 0.1) is 28.5 Å². The third-order valence-electron chi connectivity index (χ3n) is 7.00. The van der Waals surface area contributed by atoms with Gasteiger partial charge in [-0.05, 0) is 54.3 Å². The average molecular weight is 594 g/mol. The molecular formula is C25H28Cl2F3N3O4S. The van der Waals surface area contributed by atoms with Gasteiger partial charge in [-0.25, -0.2) is 13.2 Å². The maximum atomic E-state index is 13.3. The summed E-state index contributed by atoms with van der Waals surface area (Å²) in [5.74, 6) is 0.281. The van der Waals surface area contributed by atoms with Crippen molar-refractivity contribution < 1.29 is 31.1 Å². The number of nitrogens with zero attached hydrogens (tertiary/aromatic N) is 3. The first-order valence-corrected chi connectivity index (χ1v) is 14.7. The molecule has 2 aromatic carbocycles. The molecule has 38 heavy (non-hydrogen) atoms. The van der Waals surface area contributed by atoms with Crippen LogP contribution in [0, 0.1) is 5.92 Å². The number of carbonyl (C=O) groups is 1. The summed E-state index contributed by atoms with van der Waals surface area (Å²) in [4.78, 5) is 16.7. The summed E-state index contributed by atoms with van der Waals surface area (Å²) in [5, 5.41) is 0.831. The van der Waals surface area contributed by atoms with E-state index in [-0.39, 0.29) is 37.6 Å². The number of amides is 2. The highest BCUT2D eigenvalue weighted by atomic mass is 35.5. The molecule has 7 nitrogen and oxygen atoms in total. The molecular weight excluding hydrogens is 566 g/mol. The van der Waals surface area contributed by atoms with E-state index in [2.05, 4.69) is 0 Å². The smallest absolute Gasteiger partial charge is 0.416 e. The first-order valence-electron chi connectivity index (χ1n) is 12.1. The van der Waals surface area contributed by atoms with Crippen LogP contribution in [0.1, 0.15) is 23.5 Å². The van der Waals surface area contributed by atoms with E-state index in [1.165, 1.54) is 16.4 Å². The van der Waals surface area contributed by atoms with Crippen molar-refractivity contribution in [1.29, 1.82) is 0 Å². The molecule has 2 aromatic rings. The lowest BCUT2D eigenvalue weighted by molar-refractivity contribution is -0.137. The molecule has 0 aliphatic carbocycles. The Balaban J connectivity index is 1.43. The van der Waals surface area contributed by atoms with Crippen LogP contribution in [0.3, 0.4) is 0 Å². The van der Waals surface area contributed by atoms with Crippen LogP contribution in [0.5, 0.6) is 5.75 Å². The van der Waals surface area contributed by atoms with Gasteiger partial charge in [0.2, 0.25) is 10.0 Å². The fourth-order valence-corrected chi connectivity index (χ4v) is 6.05. The van der Waals surface area contributed by atoms with Crippen molar-refractivity contribution in [2.75, 3.05) is 52.1 Å². The molecule has 13 heteroatoms. The molecule has 0 N–H and O–H groups in total. The van der Waals surface area contributed by atoms with Crippen LogP contribution in [-0.4, -0.2) is 80.7 Å². The van der Waals surface area contributed by atoms with Gasteiger partial charge < -0.3 is 14.5 Å². The molecule has 0 spiro atoms. The van der Waals surface area contributed by atoms with Gasteiger partial charge in [-0.2, -0.15) is 17.5 Å². The van der Waals surface area contributed by atoms with Gasteiger partial charge in [0, 0.05) is 45.2 Å². The number of hydrogen-bond acceptors (Lipinski definition) is 4. The summed E-state index contributed by atoms with van der Waals surface area (Å²) in [7, 11) is -3.31. The fourth-order valence-electron chi connectivity index (χ4n) is 4.92. The molecule has 2 fully saturated rings. The van der Waals surface area contributed by atoms with Crippen LogP contribution in [0.15, 0.2) is 42.5 Å². The summed E-state index contributed by atoms with van der Waals surface area (Å²) in [6, 6.07) is 9.76. The van der Waals surface area contributed by atoms with Crippen molar-refractivity contribution in [3.05, 3.63) is 63.6 Å². The molecule has 2 amide bonds. The van der Waals surface area contributed by atoms with Gasteiger partial charge in [0.15, 0.2) is 0 Å². The molecule has 0 bridgehead atoms. The molecule has 208 valence electrons. The van der Waals surface area contributed by atoms with Crippen LogP contribution >= 0.6 is 23.2 Å². The van der Waals surface area contributed by atoms with Crippen molar-refractivity contribution in [2.45, 2.75) is 18.5 Å². The van der Waals surface area contributed by atoms with Gasteiger partial charge in [-0.3, -0.25) is 0 Å². The average Bonchev–Trinajstić information content (AvgIpc) is 3.29. The number of sulfonamides is 1. The minimum absolute atomic E-state index is 0.00273. The number of piperazine rings is 1. The second-order valence-electron chi connectivity index (χ2n) is 9.54. The predicted octanol–water partition coefficient (Wildman–Crippen LogP) is 5.19. The van der Waals surface area contributed by atoms with Crippen LogP contribution in [-0.2, 0) is 16.2 Å². The maximum absolute atomic E-state index is 13.3. The first kappa shape index (κ1) is 28.8. The Kier molecular flexibility index (Phi) is 8.71. The molecule has 2 aliphatic rings. The number of hydrogen-bond donors (Lipinski definition) is 0. The highest BCUT2D eigenvalue weighted by Gasteiger charge is 2.39. The Morgan fingerprint density at radius 2 is 1.63 bits per heavy atom. The summed E-state index contributed by atoms with van der Waals surface area (Å²) in [6.45, 7) is 2.25. The molecule has 2 heterocycles. The molecule has 2 saturated heterocycles. The summed E-state index contributed by atoms with van der Waals surface area (Å²) in [5.41, 5.74) is 0.183. The van der Waals surface area contributed by atoms with Gasteiger partial charge in [-0.15, -0.1) is 0 Å². The Bertz CT molecular complexity index is 1250. The second kappa shape index (κ2) is 11.5. The third kappa shape index (κ3) is 6.86. The number of alkyl halides is 3. The van der Waals surface area contributed by atoms with Gasteiger partial charge in [-0.1, -0.05) is 29.3 Å².